The van der Waals surface area contributed by atoms with Gasteiger partial charge in [0.25, 0.3) is 0 Å². The molecular weight excluding hydrogens is 1240 g/mol. The van der Waals surface area contributed by atoms with Gasteiger partial charge in [0.05, 0.1) is 45.5 Å². The Bertz CT molecular complexity index is 5290. The largest absolute Gasteiger partial charge is 0.310 e. The molecule has 0 spiro atoms. The number of hydrogen-bond acceptors (Lipinski definition) is 8. The molecule has 2 heterocycles. The van der Waals surface area contributed by atoms with E-state index in [-0.39, 0.29) is 0 Å². The highest BCUT2D eigenvalue weighted by Gasteiger charge is 2.25. The fourth-order valence-electron chi connectivity index (χ4n) is 14.4. The molecule has 0 fully saturated rings. The van der Waals surface area contributed by atoms with Crippen LogP contribution in [0.15, 0.2) is 388 Å². The summed E-state index contributed by atoms with van der Waals surface area (Å²) in [6.07, 6.45) is 0. The average Bonchev–Trinajstić information content (AvgIpc) is 0.763. The minimum absolute atomic E-state index is 0.412. The average molecular weight is 1310 g/mol. The van der Waals surface area contributed by atoms with E-state index in [1.807, 2.05) is 0 Å². The summed E-state index contributed by atoms with van der Waals surface area (Å²) >= 11 is 0. The van der Waals surface area contributed by atoms with Crippen molar-refractivity contribution in [3.05, 3.63) is 388 Å². The highest BCUT2D eigenvalue weighted by Crippen LogP contribution is 2.46. The lowest BCUT2D eigenvalue weighted by molar-refractivity contribution is 1.17. The zero-order chi connectivity index (χ0) is 67.7. The summed E-state index contributed by atoms with van der Waals surface area (Å²) in [5.74, 6) is 0. The van der Waals surface area contributed by atoms with E-state index in [1.165, 1.54) is 0 Å². The Hall–Kier alpha value is -13.8. The van der Waals surface area contributed by atoms with E-state index in [4.69, 9.17) is 19.9 Å². The molecule has 0 aliphatic carbocycles. The molecule has 8 nitrogen and oxygen atoms in total. The number of para-hydroxylation sites is 4. The Morgan fingerprint density at radius 1 is 0.147 bits per heavy atom. The van der Waals surface area contributed by atoms with Gasteiger partial charge in [0.1, 0.15) is 0 Å². The first-order chi connectivity index (χ1) is 50.6. The number of aromatic nitrogens is 4. The van der Waals surface area contributed by atoms with Crippen LogP contribution in [0.25, 0.3) is 99.4 Å². The molecule has 0 aliphatic rings. The quantitative estimate of drug-likeness (QED) is 0.0948. The minimum atomic E-state index is 0.412. The van der Waals surface area contributed by atoms with Crippen LogP contribution in [0.4, 0.5) is 68.2 Å². The second-order valence-electron chi connectivity index (χ2n) is 25.4. The van der Waals surface area contributed by atoms with Crippen LogP contribution in [0.3, 0.4) is 0 Å². The molecule has 0 atom stereocenters. The van der Waals surface area contributed by atoms with Crippen molar-refractivity contribution in [2.24, 2.45) is 0 Å². The number of hydrogen-bond donors (Lipinski definition) is 0. The van der Waals surface area contributed by atoms with E-state index in [9.17, 15) is 0 Å². The lowest BCUT2D eigenvalue weighted by atomic mass is 10.0. The van der Waals surface area contributed by atoms with Gasteiger partial charge < -0.3 is 19.6 Å². The van der Waals surface area contributed by atoms with E-state index in [1.54, 1.807) is 0 Å². The van der Waals surface area contributed by atoms with E-state index < -0.39 is 0 Å². The molecular formula is C94H64N8. The van der Waals surface area contributed by atoms with E-state index in [0.717, 1.165) is 134 Å². The van der Waals surface area contributed by atoms with Gasteiger partial charge >= 0.3 is 0 Å². The molecule has 0 unspecified atom stereocenters. The third-order valence-electron chi connectivity index (χ3n) is 19.2. The van der Waals surface area contributed by atoms with Crippen molar-refractivity contribution in [1.82, 2.24) is 19.9 Å². The zero-order valence-electron chi connectivity index (χ0n) is 55.5. The molecule has 18 aromatic rings. The predicted molar refractivity (Wildman–Crippen MR) is 426 cm³/mol. The van der Waals surface area contributed by atoms with Crippen LogP contribution in [-0.4, -0.2) is 19.9 Å². The zero-order valence-corrected chi connectivity index (χ0v) is 55.5. The third-order valence-corrected chi connectivity index (χ3v) is 19.2. The van der Waals surface area contributed by atoms with Crippen LogP contribution in [0.1, 0.15) is 0 Å². The first-order valence-corrected chi connectivity index (χ1v) is 34.4. The van der Waals surface area contributed by atoms with Crippen molar-refractivity contribution >= 4 is 123 Å². The van der Waals surface area contributed by atoms with Crippen LogP contribution < -0.4 is 19.6 Å². The van der Waals surface area contributed by atoms with E-state index >= 15 is 0 Å². The lowest BCUT2D eigenvalue weighted by Gasteiger charge is -2.27. The summed E-state index contributed by atoms with van der Waals surface area (Å²) in [5, 5.41) is 9.26. The Kier molecular flexibility index (Phi) is 15.8. The molecule has 2 aromatic heterocycles. The van der Waals surface area contributed by atoms with Gasteiger partial charge in [-0.05, 0) is 143 Å². The topological polar surface area (TPSA) is 64.5 Å². The van der Waals surface area contributed by atoms with Crippen molar-refractivity contribution in [3.8, 4) is 45.0 Å². The SMILES string of the molecule is c1ccc(N(c2ccc(-c3nc4nc(-c5ccc(N(c6ccccc6)c6cccc7ccccc67)cc5)c(-c5ccc(N(c6ccccc6)c6cccc7ccccc67)cc5)nc4nc3-c3ccc(N(c4ccccc4)c4cccc5ccccc45)cc3)cc2)c2cccc3ccccc23)cc1. The standard InChI is InChI=1S/C94H64N8/c1-5-33-73(34-6-1)99(85-45-21-29-65-25-13-17-41-81(65)85)77-57-49-69(50-58-77)89-90(70-51-59-78(60-52-70)100(74-35-7-2-8-36-74)86-46-22-30-66-26-14-18-42-82(66)86)96-94-93(95-89)97-91(71-53-61-79(62-54-71)101(75-37-9-3-10-38-75)87-47-23-31-67-27-15-19-43-83(67)87)92(98-94)72-55-63-80(64-56-72)102(76-39-11-4-12-40-76)88-48-24-32-68-28-16-20-44-84(68)88/h1-64H. The van der Waals surface area contributed by atoms with Crippen LogP contribution in [0, 0.1) is 0 Å². The van der Waals surface area contributed by atoms with Crippen LogP contribution in [0.5, 0.6) is 0 Å². The second kappa shape index (κ2) is 26.5. The highest BCUT2D eigenvalue weighted by atomic mass is 15.2. The van der Waals surface area contributed by atoms with Gasteiger partial charge in [0.15, 0.2) is 11.3 Å². The molecule has 102 heavy (non-hydrogen) atoms. The maximum Gasteiger partial charge on any atom is 0.199 e. The van der Waals surface area contributed by atoms with Crippen molar-refractivity contribution < 1.29 is 0 Å². The predicted octanol–water partition coefficient (Wildman–Crippen LogP) is 25.6. The molecule has 480 valence electrons. The van der Waals surface area contributed by atoms with Crippen molar-refractivity contribution in [1.29, 1.82) is 0 Å². The normalized spacial score (nSPS) is 11.3. The smallest absolute Gasteiger partial charge is 0.199 e. The number of rotatable bonds is 16. The van der Waals surface area contributed by atoms with Crippen LogP contribution in [-0.2, 0) is 0 Å². The summed E-state index contributed by atoms with van der Waals surface area (Å²) in [4.78, 5) is 32.0. The van der Waals surface area contributed by atoms with Gasteiger partial charge in [-0.2, -0.15) is 0 Å². The molecule has 18 rings (SSSR count). The van der Waals surface area contributed by atoms with Gasteiger partial charge in [-0.3, -0.25) is 0 Å². The molecule has 8 heteroatoms. The Labute approximate surface area is 591 Å². The molecule has 0 amide bonds. The van der Waals surface area contributed by atoms with E-state index in [2.05, 4.69) is 408 Å². The minimum Gasteiger partial charge on any atom is -0.310 e. The summed E-state index contributed by atoms with van der Waals surface area (Å²) < 4.78 is 0. The Balaban J connectivity index is 0.826. The maximum absolute atomic E-state index is 5.67. The second-order valence-corrected chi connectivity index (χ2v) is 25.4. The van der Waals surface area contributed by atoms with Crippen molar-refractivity contribution in [2.45, 2.75) is 0 Å². The van der Waals surface area contributed by atoms with Crippen molar-refractivity contribution in [3.63, 3.8) is 0 Å². The monoisotopic (exact) mass is 1300 g/mol. The van der Waals surface area contributed by atoms with Gasteiger partial charge in [0, 0.05) is 89.3 Å². The summed E-state index contributed by atoms with van der Waals surface area (Å²) in [6, 6.07) is 137. The molecule has 0 N–H and O–H groups in total. The summed E-state index contributed by atoms with van der Waals surface area (Å²) in [7, 11) is 0. The number of benzene rings is 16. The Morgan fingerprint density at radius 2 is 0.324 bits per heavy atom. The Morgan fingerprint density at radius 3 is 0.539 bits per heavy atom. The molecule has 16 aromatic carbocycles. The molecule has 0 saturated heterocycles. The first-order valence-electron chi connectivity index (χ1n) is 34.4. The third kappa shape index (κ3) is 11.4. The lowest BCUT2D eigenvalue weighted by Crippen LogP contribution is -2.10. The summed E-state index contributed by atoms with van der Waals surface area (Å²) in [6.45, 7) is 0. The first kappa shape index (κ1) is 60.6. The highest BCUT2D eigenvalue weighted by molar-refractivity contribution is 6.03. The van der Waals surface area contributed by atoms with Gasteiger partial charge in [-0.25, -0.2) is 19.9 Å². The molecule has 0 bridgehead atoms. The molecule has 0 radical (unpaired) electrons. The number of fused-ring (bicyclic) bond motifs is 5. The number of nitrogens with zero attached hydrogens (tertiary/aromatic N) is 8. The van der Waals surface area contributed by atoms with Crippen LogP contribution >= 0.6 is 0 Å². The van der Waals surface area contributed by atoms with E-state index in [0.29, 0.717) is 34.1 Å². The molecule has 0 saturated carbocycles. The van der Waals surface area contributed by atoms with Gasteiger partial charge in [0.2, 0.25) is 0 Å². The summed E-state index contributed by atoms with van der Waals surface area (Å²) in [5.41, 5.74) is 19.4. The molecule has 0 aliphatic heterocycles. The van der Waals surface area contributed by atoms with Crippen molar-refractivity contribution in [2.75, 3.05) is 19.6 Å². The maximum atomic E-state index is 5.67. The van der Waals surface area contributed by atoms with Gasteiger partial charge in [-0.15, -0.1) is 0 Å². The fraction of sp³-hybridized carbons (Fsp3) is 0. The fourth-order valence-corrected chi connectivity index (χ4v) is 14.4. The van der Waals surface area contributed by atoms with Crippen LogP contribution in [0.2, 0.25) is 0 Å². The van der Waals surface area contributed by atoms with Gasteiger partial charge in [-0.1, -0.05) is 267 Å². The number of anilines is 12.